The van der Waals surface area contributed by atoms with Gasteiger partial charge in [-0.25, -0.2) is 4.79 Å². The van der Waals surface area contributed by atoms with E-state index < -0.39 is 5.97 Å². The van der Waals surface area contributed by atoms with Crippen LogP contribution in [0.5, 0.6) is 5.75 Å². The first-order valence-electron chi connectivity index (χ1n) is 4.93. The molecule has 0 amide bonds. The van der Waals surface area contributed by atoms with E-state index in [2.05, 4.69) is 9.89 Å². The predicted molar refractivity (Wildman–Crippen MR) is 59.8 cm³/mol. The number of nitrogens with zero attached hydrogens (tertiary/aromatic N) is 1. The van der Waals surface area contributed by atoms with Crippen molar-refractivity contribution >= 4 is 5.97 Å². The second kappa shape index (κ2) is 4.69. The first kappa shape index (κ1) is 11.2. The number of carbonyl (C=O) groups excluding carboxylic acids is 1. The van der Waals surface area contributed by atoms with Crippen molar-refractivity contribution in [1.82, 2.24) is 5.16 Å². The molecule has 0 bridgehead atoms. The summed E-state index contributed by atoms with van der Waals surface area (Å²) in [4.78, 5) is 11.4. The van der Waals surface area contributed by atoms with Gasteiger partial charge in [0.1, 0.15) is 23.3 Å². The van der Waals surface area contributed by atoms with Crippen molar-refractivity contribution in [2.24, 2.45) is 0 Å². The van der Waals surface area contributed by atoms with Gasteiger partial charge in [-0.1, -0.05) is 5.16 Å². The van der Waals surface area contributed by atoms with Crippen molar-refractivity contribution in [1.29, 1.82) is 0 Å². The van der Waals surface area contributed by atoms with E-state index in [1.165, 1.54) is 13.4 Å². The molecule has 0 N–H and O–H groups in total. The number of hydrogen-bond acceptors (Lipinski definition) is 5. The SMILES string of the molecule is COC(=O)c1conc1-c1ccc(OC)cc1. The van der Waals surface area contributed by atoms with E-state index in [4.69, 9.17) is 9.26 Å². The van der Waals surface area contributed by atoms with Crippen LogP contribution in [0.1, 0.15) is 10.4 Å². The Bertz CT molecular complexity index is 516. The molecular weight excluding hydrogens is 222 g/mol. The number of ether oxygens (including phenoxy) is 2. The van der Waals surface area contributed by atoms with Crippen LogP contribution in [0.2, 0.25) is 0 Å². The lowest BCUT2D eigenvalue weighted by Crippen LogP contribution is -2.01. The Hall–Kier alpha value is -2.30. The van der Waals surface area contributed by atoms with Crippen LogP contribution in [-0.4, -0.2) is 25.3 Å². The third-order valence-electron chi connectivity index (χ3n) is 2.34. The Kier molecular flexibility index (Phi) is 3.09. The molecule has 88 valence electrons. The van der Waals surface area contributed by atoms with Crippen LogP contribution in [0.25, 0.3) is 11.3 Å². The number of esters is 1. The summed E-state index contributed by atoms with van der Waals surface area (Å²) in [7, 11) is 2.90. The van der Waals surface area contributed by atoms with Gasteiger partial charge in [-0.2, -0.15) is 0 Å². The van der Waals surface area contributed by atoms with Crippen LogP contribution in [0.3, 0.4) is 0 Å². The lowest BCUT2D eigenvalue weighted by molar-refractivity contribution is 0.0600. The Balaban J connectivity index is 2.39. The zero-order valence-electron chi connectivity index (χ0n) is 9.47. The zero-order valence-corrected chi connectivity index (χ0v) is 9.47. The van der Waals surface area contributed by atoms with Crippen LogP contribution in [-0.2, 0) is 4.74 Å². The first-order chi connectivity index (χ1) is 8.26. The summed E-state index contributed by atoms with van der Waals surface area (Å²) in [6.45, 7) is 0. The molecule has 1 heterocycles. The molecule has 0 aliphatic rings. The molecule has 0 fully saturated rings. The van der Waals surface area contributed by atoms with Gasteiger partial charge in [-0.15, -0.1) is 0 Å². The van der Waals surface area contributed by atoms with Gasteiger partial charge in [0.2, 0.25) is 0 Å². The lowest BCUT2D eigenvalue weighted by Gasteiger charge is -2.02. The van der Waals surface area contributed by atoms with Crippen LogP contribution in [0.4, 0.5) is 0 Å². The largest absolute Gasteiger partial charge is 0.497 e. The van der Waals surface area contributed by atoms with Gasteiger partial charge in [0.25, 0.3) is 0 Å². The second-order valence-electron chi connectivity index (χ2n) is 3.30. The molecule has 5 nitrogen and oxygen atoms in total. The maximum Gasteiger partial charge on any atom is 0.343 e. The summed E-state index contributed by atoms with van der Waals surface area (Å²) in [6, 6.07) is 7.16. The molecule has 17 heavy (non-hydrogen) atoms. The fraction of sp³-hybridized carbons (Fsp3) is 0.167. The molecule has 1 aromatic heterocycles. The van der Waals surface area contributed by atoms with Crippen LogP contribution < -0.4 is 4.74 Å². The average molecular weight is 233 g/mol. The first-order valence-corrected chi connectivity index (χ1v) is 4.93. The molecule has 5 heteroatoms. The van der Waals surface area contributed by atoms with Gasteiger partial charge in [-0.3, -0.25) is 0 Å². The highest BCUT2D eigenvalue weighted by atomic mass is 16.5. The molecule has 0 saturated carbocycles. The highest BCUT2D eigenvalue weighted by Gasteiger charge is 2.17. The Labute approximate surface area is 97.9 Å². The number of hydrogen-bond donors (Lipinski definition) is 0. The van der Waals surface area contributed by atoms with Gasteiger partial charge in [0.05, 0.1) is 14.2 Å². The molecule has 0 radical (unpaired) electrons. The Morgan fingerprint density at radius 2 is 1.94 bits per heavy atom. The van der Waals surface area contributed by atoms with Gasteiger partial charge in [-0.05, 0) is 24.3 Å². The lowest BCUT2D eigenvalue weighted by atomic mass is 10.1. The van der Waals surface area contributed by atoms with Crippen molar-refractivity contribution in [2.45, 2.75) is 0 Å². The summed E-state index contributed by atoms with van der Waals surface area (Å²) in [5.41, 5.74) is 1.53. The molecular formula is C12H11NO4. The van der Waals surface area contributed by atoms with Crippen LogP contribution >= 0.6 is 0 Å². The molecule has 0 aliphatic carbocycles. The average Bonchev–Trinajstić information content (AvgIpc) is 2.87. The minimum Gasteiger partial charge on any atom is -0.497 e. The molecule has 2 aromatic rings. The molecule has 2 rings (SSSR count). The standard InChI is InChI=1S/C12H11NO4/c1-15-9-5-3-8(4-6-9)11-10(7-17-13-11)12(14)16-2/h3-7H,1-2H3. The van der Waals surface area contributed by atoms with Gasteiger partial charge < -0.3 is 14.0 Å². The van der Waals surface area contributed by atoms with E-state index in [0.29, 0.717) is 11.3 Å². The van der Waals surface area contributed by atoms with E-state index >= 15 is 0 Å². The summed E-state index contributed by atoms with van der Waals surface area (Å²) >= 11 is 0. The molecule has 0 spiro atoms. The maximum absolute atomic E-state index is 11.4. The Morgan fingerprint density at radius 1 is 1.24 bits per heavy atom. The summed E-state index contributed by atoms with van der Waals surface area (Å²) < 4.78 is 14.5. The molecule has 1 aromatic carbocycles. The van der Waals surface area contributed by atoms with Crippen LogP contribution in [0.15, 0.2) is 35.1 Å². The van der Waals surface area contributed by atoms with E-state index in [1.54, 1.807) is 31.4 Å². The monoisotopic (exact) mass is 233 g/mol. The van der Waals surface area contributed by atoms with Gasteiger partial charge >= 0.3 is 5.97 Å². The number of methoxy groups -OCH3 is 2. The van der Waals surface area contributed by atoms with E-state index in [-0.39, 0.29) is 0 Å². The van der Waals surface area contributed by atoms with Crippen LogP contribution in [0, 0.1) is 0 Å². The molecule has 0 unspecified atom stereocenters. The number of rotatable bonds is 3. The van der Waals surface area contributed by atoms with E-state index in [0.717, 1.165) is 11.3 Å². The predicted octanol–water partition coefficient (Wildman–Crippen LogP) is 2.14. The van der Waals surface area contributed by atoms with Crippen molar-refractivity contribution in [3.63, 3.8) is 0 Å². The minimum absolute atomic E-state index is 0.303. The highest BCUT2D eigenvalue weighted by Crippen LogP contribution is 2.24. The third kappa shape index (κ3) is 2.13. The highest BCUT2D eigenvalue weighted by molar-refractivity contribution is 5.95. The molecule has 0 aliphatic heterocycles. The van der Waals surface area contributed by atoms with Crippen molar-refractivity contribution in [2.75, 3.05) is 14.2 Å². The number of aromatic nitrogens is 1. The van der Waals surface area contributed by atoms with Crippen molar-refractivity contribution in [3.8, 4) is 17.0 Å². The zero-order chi connectivity index (χ0) is 12.3. The maximum atomic E-state index is 11.4. The summed E-state index contributed by atoms with van der Waals surface area (Å²) in [5, 5.41) is 3.79. The Morgan fingerprint density at radius 3 is 2.53 bits per heavy atom. The molecule has 0 atom stereocenters. The van der Waals surface area contributed by atoms with Crippen molar-refractivity contribution < 1.29 is 18.8 Å². The topological polar surface area (TPSA) is 61.6 Å². The minimum atomic E-state index is -0.475. The van der Waals surface area contributed by atoms with Gasteiger partial charge in [0, 0.05) is 5.56 Å². The quantitative estimate of drug-likeness (QED) is 0.760. The van der Waals surface area contributed by atoms with Crippen molar-refractivity contribution in [3.05, 3.63) is 36.1 Å². The third-order valence-corrected chi connectivity index (χ3v) is 2.34. The van der Waals surface area contributed by atoms with E-state index in [9.17, 15) is 4.79 Å². The van der Waals surface area contributed by atoms with E-state index in [1.807, 2.05) is 0 Å². The normalized spacial score (nSPS) is 10.0. The molecule has 0 saturated heterocycles. The number of carbonyl (C=O) groups is 1. The summed E-state index contributed by atoms with van der Waals surface area (Å²) in [5.74, 6) is 0.258. The number of benzene rings is 1. The van der Waals surface area contributed by atoms with Gasteiger partial charge in [0.15, 0.2) is 0 Å². The second-order valence-corrected chi connectivity index (χ2v) is 3.30. The smallest absolute Gasteiger partial charge is 0.343 e. The summed E-state index contributed by atoms with van der Waals surface area (Å²) in [6.07, 6.45) is 1.27. The fourth-order valence-electron chi connectivity index (χ4n) is 1.45. The fourth-order valence-corrected chi connectivity index (χ4v) is 1.45.